The lowest BCUT2D eigenvalue weighted by atomic mass is 10.2. The van der Waals surface area contributed by atoms with E-state index in [0.29, 0.717) is 22.2 Å². The predicted octanol–water partition coefficient (Wildman–Crippen LogP) is 3.63. The van der Waals surface area contributed by atoms with Crippen LogP contribution in [-0.4, -0.2) is 39.0 Å². The quantitative estimate of drug-likeness (QED) is 0.232. The Morgan fingerprint density at radius 1 is 1.11 bits per heavy atom. The van der Waals surface area contributed by atoms with Gasteiger partial charge in [0, 0.05) is 11.2 Å². The SMILES string of the molecule is CCOC(=O)c1cc2c(=O)n3ccccc3nc2n(Cc2ccco2)c1=NC(=O)COc1ccc(Cl)cc1. The molecule has 0 unspecified atom stereocenters. The molecule has 4 aromatic heterocycles. The Labute approximate surface area is 220 Å². The summed E-state index contributed by atoms with van der Waals surface area (Å²) >= 11 is 5.90. The molecule has 11 heteroatoms. The third-order valence-corrected chi connectivity index (χ3v) is 5.84. The van der Waals surface area contributed by atoms with Crippen LogP contribution in [0.1, 0.15) is 23.0 Å². The molecule has 192 valence electrons. The van der Waals surface area contributed by atoms with Crippen LogP contribution in [0, 0.1) is 0 Å². The van der Waals surface area contributed by atoms with Crippen LogP contribution in [0.15, 0.2) is 87.3 Å². The minimum absolute atomic E-state index is 0.0377. The Morgan fingerprint density at radius 3 is 2.66 bits per heavy atom. The molecule has 0 radical (unpaired) electrons. The molecule has 1 aromatic carbocycles. The maximum absolute atomic E-state index is 13.4. The zero-order valence-electron chi connectivity index (χ0n) is 20.2. The van der Waals surface area contributed by atoms with Crippen molar-refractivity contribution in [2.45, 2.75) is 13.5 Å². The van der Waals surface area contributed by atoms with Crippen LogP contribution in [0.5, 0.6) is 5.75 Å². The van der Waals surface area contributed by atoms with E-state index >= 15 is 0 Å². The fraction of sp³-hybridized carbons (Fsp3) is 0.148. The lowest BCUT2D eigenvalue weighted by Gasteiger charge is -2.14. The molecule has 5 aromatic rings. The molecule has 0 aliphatic heterocycles. The molecule has 5 rings (SSSR count). The van der Waals surface area contributed by atoms with Gasteiger partial charge in [-0.2, -0.15) is 4.99 Å². The van der Waals surface area contributed by atoms with Crippen LogP contribution in [0.4, 0.5) is 0 Å². The molecule has 0 saturated carbocycles. The van der Waals surface area contributed by atoms with Crippen LogP contribution in [0.2, 0.25) is 5.02 Å². The molecule has 1 amide bonds. The number of pyridine rings is 2. The lowest BCUT2D eigenvalue weighted by Crippen LogP contribution is -2.33. The van der Waals surface area contributed by atoms with Gasteiger partial charge in [0.2, 0.25) is 0 Å². The first-order valence-electron chi connectivity index (χ1n) is 11.6. The van der Waals surface area contributed by atoms with Crippen molar-refractivity contribution >= 4 is 40.2 Å². The Balaban J connectivity index is 1.73. The van der Waals surface area contributed by atoms with E-state index in [4.69, 9.17) is 25.5 Å². The van der Waals surface area contributed by atoms with Gasteiger partial charge < -0.3 is 18.5 Å². The summed E-state index contributed by atoms with van der Waals surface area (Å²) in [5, 5.41) is 0.672. The minimum atomic E-state index is -0.745. The van der Waals surface area contributed by atoms with E-state index in [9.17, 15) is 14.4 Å². The highest BCUT2D eigenvalue weighted by atomic mass is 35.5. The Morgan fingerprint density at radius 2 is 1.92 bits per heavy atom. The van der Waals surface area contributed by atoms with Crippen LogP contribution >= 0.6 is 11.6 Å². The normalized spacial score (nSPS) is 11.7. The van der Waals surface area contributed by atoms with Gasteiger partial charge in [0.1, 0.15) is 28.4 Å². The molecule has 0 bridgehead atoms. The maximum atomic E-state index is 13.4. The van der Waals surface area contributed by atoms with Crippen LogP contribution in [0.25, 0.3) is 16.7 Å². The number of aromatic nitrogens is 3. The van der Waals surface area contributed by atoms with Crippen LogP contribution in [0.3, 0.4) is 0 Å². The fourth-order valence-electron chi connectivity index (χ4n) is 3.89. The van der Waals surface area contributed by atoms with Crippen molar-refractivity contribution < 1.29 is 23.5 Å². The van der Waals surface area contributed by atoms with E-state index in [1.54, 1.807) is 67.7 Å². The van der Waals surface area contributed by atoms with Gasteiger partial charge in [-0.15, -0.1) is 0 Å². The number of rotatable bonds is 7. The number of esters is 1. The maximum Gasteiger partial charge on any atom is 0.341 e. The number of carbonyl (C=O) groups excluding carboxylic acids is 2. The zero-order valence-corrected chi connectivity index (χ0v) is 20.9. The fourth-order valence-corrected chi connectivity index (χ4v) is 4.02. The second kappa shape index (κ2) is 10.7. The van der Waals surface area contributed by atoms with Gasteiger partial charge >= 0.3 is 5.97 Å². The molecule has 38 heavy (non-hydrogen) atoms. The van der Waals surface area contributed by atoms with Crippen molar-refractivity contribution in [3.63, 3.8) is 0 Å². The largest absolute Gasteiger partial charge is 0.484 e. The van der Waals surface area contributed by atoms with Crippen LogP contribution < -0.4 is 15.8 Å². The molecule has 0 aliphatic carbocycles. The average Bonchev–Trinajstić information content (AvgIpc) is 3.43. The molecule has 10 nitrogen and oxygen atoms in total. The number of hydrogen-bond acceptors (Lipinski definition) is 7. The Kier molecular flexibility index (Phi) is 7.05. The van der Waals surface area contributed by atoms with E-state index < -0.39 is 24.0 Å². The van der Waals surface area contributed by atoms with Crippen molar-refractivity contribution in [2.24, 2.45) is 4.99 Å². The van der Waals surface area contributed by atoms with Gasteiger partial charge in [0.05, 0.1) is 24.8 Å². The van der Waals surface area contributed by atoms with Crippen molar-refractivity contribution in [2.75, 3.05) is 13.2 Å². The van der Waals surface area contributed by atoms with Gasteiger partial charge in [0.15, 0.2) is 12.1 Å². The van der Waals surface area contributed by atoms with Crippen molar-refractivity contribution in [1.82, 2.24) is 14.0 Å². The van der Waals surface area contributed by atoms with E-state index in [-0.39, 0.29) is 35.2 Å². The van der Waals surface area contributed by atoms with Gasteiger partial charge in [-0.3, -0.25) is 14.0 Å². The highest BCUT2D eigenvalue weighted by molar-refractivity contribution is 6.30. The molecular weight excluding hydrogens is 512 g/mol. The van der Waals surface area contributed by atoms with Crippen molar-refractivity contribution in [3.8, 4) is 5.75 Å². The molecule has 4 heterocycles. The number of halogens is 1. The molecule has 0 saturated heterocycles. The summed E-state index contributed by atoms with van der Waals surface area (Å²) < 4.78 is 19.2. The Bertz CT molecular complexity index is 1770. The van der Waals surface area contributed by atoms with E-state index in [1.807, 2.05) is 0 Å². The molecule has 0 spiro atoms. The third kappa shape index (κ3) is 5.07. The first-order chi connectivity index (χ1) is 18.4. The van der Waals surface area contributed by atoms with Gasteiger partial charge in [-0.05, 0) is 61.5 Å². The summed E-state index contributed by atoms with van der Waals surface area (Å²) in [6.07, 6.45) is 3.08. The first-order valence-corrected chi connectivity index (χ1v) is 12.0. The zero-order chi connectivity index (χ0) is 26.6. The third-order valence-electron chi connectivity index (χ3n) is 5.59. The van der Waals surface area contributed by atoms with Gasteiger partial charge in [-0.1, -0.05) is 17.7 Å². The standard InChI is InChI=1S/C27H21ClN4O6/c1-2-36-27(35)21-14-20-24(29-22-7-3-4-12-31(22)26(20)34)32(15-19-6-5-13-37-19)25(21)30-23(33)16-38-18-10-8-17(28)9-11-18/h3-14H,2,15-16H2,1H3. The summed E-state index contributed by atoms with van der Waals surface area (Å²) in [7, 11) is 0. The number of ether oxygens (including phenoxy) is 2. The summed E-state index contributed by atoms with van der Waals surface area (Å²) in [5.74, 6) is -0.499. The highest BCUT2D eigenvalue weighted by Gasteiger charge is 2.21. The average molecular weight is 533 g/mol. The number of fused-ring (bicyclic) bond motifs is 2. The number of furan rings is 1. The van der Waals surface area contributed by atoms with Crippen molar-refractivity contribution in [1.29, 1.82) is 0 Å². The topological polar surface area (TPSA) is 117 Å². The van der Waals surface area contributed by atoms with Gasteiger partial charge in [-0.25, -0.2) is 9.78 Å². The van der Waals surface area contributed by atoms with E-state index in [1.165, 1.54) is 21.3 Å². The molecule has 0 N–H and O–H groups in total. The van der Waals surface area contributed by atoms with Crippen molar-refractivity contribution in [3.05, 3.63) is 105 Å². The summed E-state index contributed by atoms with van der Waals surface area (Å²) in [5.41, 5.74) is 0.0966. The lowest BCUT2D eigenvalue weighted by molar-refractivity contribution is -0.120. The predicted molar refractivity (Wildman–Crippen MR) is 138 cm³/mol. The molecule has 0 aliphatic rings. The summed E-state index contributed by atoms with van der Waals surface area (Å²) in [6.45, 7) is 1.37. The second-order valence-corrected chi connectivity index (χ2v) is 8.54. The first kappa shape index (κ1) is 25.0. The molecule has 0 atom stereocenters. The highest BCUT2D eigenvalue weighted by Crippen LogP contribution is 2.16. The van der Waals surface area contributed by atoms with Gasteiger partial charge in [0.25, 0.3) is 11.5 Å². The number of nitrogens with zero attached hydrogens (tertiary/aromatic N) is 4. The van der Waals surface area contributed by atoms with E-state index in [0.717, 1.165) is 0 Å². The minimum Gasteiger partial charge on any atom is -0.484 e. The second-order valence-electron chi connectivity index (χ2n) is 8.10. The molecular formula is C27H21ClN4O6. The smallest absolute Gasteiger partial charge is 0.341 e. The van der Waals surface area contributed by atoms with Crippen LogP contribution in [-0.2, 0) is 16.1 Å². The summed E-state index contributed by atoms with van der Waals surface area (Å²) in [6, 6.07) is 16.4. The monoisotopic (exact) mass is 532 g/mol. The number of carbonyl (C=O) groups is 2. The Hall–Kier alpha value is -4.70. The van der Waals surface area contributed by atoms with E-state index in [2.05, 4.69) is 9.98 Å². The number of hydrogen-bond donors (Lipinski definition) is 0. The number of amides is 1. The molecule has 0 fully saturated rings. The summed E-state index contributed by atoms with van der Waals surface area (Å²) in [4.78, 5) is 48.3. The number of benzene rings is 1.